The van der Waals surface area contributed by atoms with Gasteiger partial charge in [-0.1, -0.05) is 5.21 Å². The second-order valence-electron chi connectivity index (χ2n) is 7.32. The number of likely N-dealkylation sites (tertiary alicyclic amines) is 1. The fourth-order valence-corrected chi connectivity index (χ4v) is 3.34. The Morgan fingerprint density at radius 3 is 2.75 bits per heavy atom. The molecule has 2 aliphatic heterocycles. The summed E-state index contributed by atoms with van der Waals surface area (Å²) in [7, 11) is 2.10. The number of carbonyl (C=O) groups is 1. The molecule has 134 valence electrons. The topological polar surface area (TPSA) is 63.5 Å². The first-order chi connectivity index (χ1) is 11.5. The average Bonchev–Trinajstić information content (AvgIpc) is 3.26. The Balaban J connectivity index is 1.51. The second kappa shape index (κ2) is 7.61. The highest BCUT2D eigenvalue weighted by Gasteiger charge is 2.31. The van der Waals surface area contributed by atoms with E-state index in [0.717, 1.165) is 51.2 Å². The molecule has 0 bridgehead atoms. The molecule has 7 heteroatoms. The van der Waals surface area contributed by atoms with Gasteiger partial charge in [-0.3, -0.25) is 9.69 Å². The van der Waals surface area contributed by atoms with Gasteiger partial charge >= 0.3 is 0 Å². The summed E-state index contributed by atoms with van der Waals surface area (Å²) < 4.78 is 7.33. The molecule has 0 radical (unpaired) electrons. The fraction of sp³-hybridized carbons (Fsp3) is 0.824. The third kappa shape index (κ3) is 3.95. The molecule has 1 aromatic heterocycles. The first-order valence-corrected chi connectivity index (χ1v) is 9.02. The first-order valence-electron chi connectivity index (χ1n) is 9.02. The highest BCUT2D eigenvalue weighted by atomic mass is 16.5. The lowest BCUT2D eigenvalue weighted by molar-refractivity contribution is -0.136. The van der Waals surface area contributed by atoms with Gasteiger partial charge in [-0.25, -0.2) is 4.68 Å². The van der Waals surface area contributed by atoms with Crippen LogP contribution in [-0.4, -0.2) is 70.1 Å². The van der Waals surface area contributed by atoms with E-state index >= 15 is 0 Å². The van der Waals surface area contributed by atoms with Crippen LogP contribution in [0.3, 0.4) is 0 Å². The molecule has 1 atom stereocenters. The number of nitrogens with zero attached hydrogens (tertiary/aromatic N) is 5. The molecule has 3 heterocycles. The van der Waals surface area contributed by atoms with E-state index in [1.54, 1.807) is 0 Å². The summed E-state index contributed by atoms with van der Waals surface area (Å²) in [5.41, 5.74) is 1.01. The third-order valence-corrected chi connectivity index (χ3v) is 5.28. The van der Waals surface area contributed by atoms with Crippen molar-refractivity contribution < 1.29 is 9.53 Å². The maximum atomic E-state index is 12.4. The molecule has 2 saturated heterocycles. The van der Waals surface area contributed by atoms with Gasteiger partial charge in [-0.05, 0) is 40.2 Å². The van der Waals surface area contributed by atoms with Crippen LogP contribution < -0.4 is 0 Å². The predicted molar refractivity (Wildman–Crippen MR) is 90.4 cm³/mol. The van der Waals surface area contributed by atoms with Crippen LogP contribution in [0.25, 0.3) is 0 Å². The van der Waals surface area contributed by atoms with Gasteiger partial charge in [0.1, 0.15) is 0 Å². The van der Waals surface area contributed by atoms with E-state index in [1.165, 1.54) is 0 Å². The van der Waals surface area contributed by atoms with Crippen molar-refractivity contribution in [3.05, 3.63) is 11.9 Å². The number of aromatic nitrogens is 3. The molecule has 7 nitrogen and oxygen atoms in total. The highest BCUT2D eigenvalue weighted by molar-refractivity contribution is 5.79. The van der Waals surface area contributed by atoms with Crippen LogP contribution in [0, 0.1) is 5.92 Å². The summed E-state index contributed by atoms with van der Waals surface area (Å²) in [6.07, 6.45) is 4.82. The molecule has 0 aliphatic carbocycles. The minimum absolute atomic E-state index is 0.0751. The number of carbonyl (C=O) groups excluding carboxylic acids is 1. The lowest BCUT2D eigenvalue weighted by atomic mass is 10.0. The van der Waals surface area contributed by atoms with Crippen molar-refractivity contribution in [2.45, 2.75) is 51.7 Å². The van der Waals surface area contributed by atoms with E-state index in [0.29, 0.717) is 18.7 Å². The Morgan fingerprint density at radius 1 is 1.38 bits per heavy atom. The van der Waals surface area contributed by atoms with Gasteiger partial charge in [-0.2, -0.15) is 0 Å². The maximum Gasteiger partial charge on any atom is 0.228 e. The SMILES string of the molecule is CC(C)N(C)Cc1cn(C2CCN(C(=O)C3CCOC3)CC2)nn1. The van der Waals surface area contributed by atoms with Crippen LogP contribution >= 0.6 is 0 Å². The van der Waals surface area contributed by atoms with Gasteiger partial charge in [0.05, 0.1) is 30.5 Å². The summed E-state index contributed by atoms with van der Waals surface area (Å²) >= 11 is 0. The monoisotopic (exact) mass is 335 g/mol. The number of hydrogen-bond donors (Lipinski definition) is 0. The normalized spacial score (nSPS) is 22.7. The van der Waals surface area contributed by atoms with Gasteiger partial charge < -0.3 is 9.64 Å². The summed E-state index contributed by atoms with van der Waals surface area (Å²) in [4.78, 5) is 16.7. The molecule has 1 aromatic rings. The number of amides is 1. The Morgan fingerprint density at radius 2 is 2.12 bits per heavy atom. The smallest absolute Gasteiger partial charge is 0.228 e. The van der Waals surface area contributed by atoms with E-state index in [4.69, 9.17) is 4.74 Å². The molecule has 1 amide bonds. The zero-order chi connectivity index (χ0) is 17.1. The molecule has 2 fully saturated rings. The highest BCUT2D eigenvalue weighted by Crippen LogP contribution is 2.24. The van der Waals surface area contributed by atoms with Crippen LogP contribution in [0.2, 0.25) is 0 Å². The van der Waals surface area contributed by atoms with E-state index < -0.39 is 0 Å². The molecule has 1 unspecified atom stereocenters. The van der Waals surface area contributed by atoms with E-state index in [1.807, 2.05) is 9.58 Å². The van der Waals surface area contributed by atoms with Crippen LogP contribution in [0.15, 0.2) is 6.20 Å². The number of rotatable bonds is 5. The Labute approximate surface area is 143 Å². The quantitative estimate of drug-likeness (QED) is 0.812. The fourth-order valence-electron chi connectivity index (χ4n) is 3.34. The van der Waals surface area contributed by atoms with Gasteiger partial charge in [0.25, 0.3) is 0 Å². The van der Waals surface area contributed by atoms with Crippen molar-refractivity contribution in [3.8, 4) is 0 Å². The number of ether oxygens (including phenoxy) is 1. The van der Waals surface area contributed by atoms with E-state index in [9.17, 15) is 4.79 Å². The van der Waals surface area contributed by atoms with Crippen LogP contribution in [0.5, 0.6) is 0 Å². The van der Waals surface area contributed by atoms with Crippen LogP contribution in [-0.2, 0) is 16.1 Å². The molecule has 0 spiro atoms. The summed E-state index contributed by atoms with van der Waals surface area (Å²) in [6.45, 7) is 8.09. The zero-order valence-electron chi connectivity index (χ0n) is 15.0. The van der Waals surface area contributed by atoms with Crippen molar-refractivity contribution in [3.63, 3.8) is 0 Å². The van der Waals surface area contributed by atoms with Gasteiger partial charge in [0.15, 0.2) is 0 Å². The minimum atomic E-state index is 0.0751. The molecule has 2 aliphatic rings. The van der Waals surface area contributed by atoms with E-state index in [2.05, 4.69) is 42.3 Å². The standard InChI is InChI=1S/C17H29N5O2/c1-13(2)20(3)10-15-11-22(19-18-15)16-4-7-21(8-5-16)17(23)14-6-9-24-12-14/h11,13-14,16H,4-10,12H2,1-3H3. The molecule has 24 heavy (non-hydrogen) atoms. The van der Waals surface area contributed by atoms with Crippen molar-refractivity contribution in [2.75, 3.05) is 33.4 Å². The zero-order valence-corrected chi connectivity index (χ0v) is 15.0. The van der Waals surface area contributed by atoms with Gasteiger partial charge in [-0.15, -0.1) is 5.10 Å². The van der Waals surface area contributed by atoms with Gasteiger partial charge in [0, 0.05) is 32.3 Å². The average molecular weight is 335 g/mol. The molecule has 0 N–H and O–H groups in total. The predicted octanol–water partition coefficient (Wildman–Crippen LogP) is 1.32. The van der Waals surface area contributed by atoms with Gasteiger partial charge in [0.2, 0.25) is 5.91 Å². The van der Waals surface area contributed by atoms with Crippen LogP contribution in [0.1, 0.15) is 44.8 Å². The maximum absolute atomic E-state index is 12.4. The Hall–Kier alpha value is -1.47. The van der Waals surface area contributed by atoms with Crippen molar-refractivity contribution in [1.82, 2.24) is 24.8 Å². The lowest BCUT2D eigenvalue weighted by Crippen LogP contribution is -2.42. The molecule has 0 saturated carbocycles. The first kappa shape index (κ1) is 17.4. The molecule has 0 aromatic carbocycles. The molecule has 3 rings (SSSR count). The third-order valence-electron chi connectivity index (χ3n) is 5.28. The lowest BCUT2D eigenvalue weighted by Gasteiger charge is -2.33. The summed E-state index contributed by atoms with van der Waals surface area (Å²) in [6, 6.07) is 0.837. The summed E-state index contributed by atoms with van der Waals surface area (Å²) in [5, 5.41) is 8.62. The second-order valence-corrected chi connectivity index (χ2v) is 7.32. The van der Waals surface area contributed by atoms with Crippen LogP contribution in [0.4, 0.5) is 0 Å². The van der Waals surface area contributed by atoms with Crippen molar-refractivity contribution in [2.24, 2.45) is 5.92 Å². The molecular weight excluding hydrogens is 306 g/mol. The Bertz CT molecular complexity index is 545. The summed E-state index contributed by atoms with van der Waals surface area (Å²) in [5.74, 6) is 0.342. The number of piperidine rings is 1. The van der Waals surface area contributed by atoms with Crippen molar-refractivity contribution >= 4 is 5.91 Å². The van der Waals surface area contributed by atoms with E-state index in [-0.39, 0.29) is 11.8 Å². The largest absolute Gasteiger partial charge is 0.381 e. The minimum Gasteiger partial charge on any atom is -0.381 e. The molecular formula is C17H29N5O2. The Kier molecular flexibility index (Phi) is 5.50. The number of hydrogen-bond acceptors (Lipinski definition) is 5. The van der Waals surface area contributed by atoms with Crippen molar-refractivity contribution in [1.29, 1.82) is 0 Å².